The van der Waals surface area contributed by atoms with E-state index in [-0.39, 0.29) is 83.6 Å². The Morgan fingerprint density at radius 2 is 1.06 bits per heavy atom. The molecule has 18 nitrogen and oxygen atoms in total. The number of morpholine rings is 2. The quantitative estimate of drug-likeness (QED) is 0.115. The summed E-state index contributed by atoms with van der Waals surface area (Å²) in [7, 11) is 1.35. The minimum absolute atomic E-state index is 0.0444. The number of phenols is 1. The van der Waals surface area contributed by atoms with Crippen molar-refractivity contribution in [2.75, 3.05) is 122 Å². The van der Waals surface area contributed by atoms with Crippen LogP contribution in [0.3, 0.4) is 0 Å². The number of anilines is 2. The summed E-state index contributed by atoms with van der Waals surface area (Å²) in [5.74, 6) is -4.80. The Kier molecular flexibility index (Phi) is 16.6. The van der Waals surface area contributed by atoms with Gasteiger partial charge in [-0.05, 0) is 42.5 Å². The Balaban J connectivity index is 0.000000188. The minimum Gasteiger partial charge on any atom is -0.507 e. The molecule has 0 aliphatic carbocycles. The number of benzene rings is 4. The predicted octanol–water partition coefficient (Wildman–Crippen LogP) is 7.01. The van der Waals surface area contributed by atoms with Crippen LogP contribution in [0.25, 0.3) is 44.1 Å². The van der Waals surface area contributed by atoms with Crippen molar-refractivity contribution in [2.45, 2.75) is 13.3 Å². The number of carbonyl (C=O) groups is 4. The van der Waals surface area contributed by atoms with Crippen molar-refractivity contribution < 1.29 is 56.1 Å². The molecular formula is C53H52Cl2F4N10O8. The number of amides is 4. The number of nitrogens with zero attached hydrogens (tertiary/aromatic N) is 10. The van der Waals surface area contributed by atoms with Crippen molar-refractivity contribution in [2.24, 2.45) is 0 Å². The molecule has 0 spiro atoms. The number of hydrogen-bond acceptors (Lipinski definition) is 14. The lowest BCUT2D eigenvalue weighted by atomic mass is 10.0. The van der Waals surface area contributed by atoms with Gasteiger partial charge in [0, 0.05) is 107 Å². The van der Waals surface area contributed by atoms with Crippen LogP contribution < -0.4 is 14.5 Å². The molecule has 0 radical (unpaired) electrons. The average molecular weight is 1100 g/mol. The van der Waals surface area contributed by atoms with Crippen LogP contribution in [-0.2, 0) is 19.1 Å². The molecule has 0 saturated carbocycles. The van der Waals surface area contributed by atoms with Gasteiger partial charge in [-0.3, -0.25) is 19.2 Å². The first-order chi connectivity index (χ1) is 37.1. The SMILES string of the molecule is C=CC(=O)N1CCN(c2nc(C(=O)N3CCOCC3)nc3c(F)c(-c4c(O)cccc4F)c(Cl)cc23)CC1.CCC(=O)N1CCN(c2nc(C(=O)N3CCOCC3)nc3c(F)c(-c4c(F)cccc4OC)c(Cl)cc23)CC1. The largest absolute Gasteiger partial charge is 0.507 e. The summed E-state index contributed by atoms with van der Waals surface area (Å²) in [6.07, 6.45) is 1.64. The van der Waals surface area contributed by atoms with Crippen LogP contribution in [0.4, 0.5) is 29.2 Å². The molecule has 4 amide bonds. The van der Waals surface area contributed by atoms with Crippen molar-refractivity contribution in [3.63, 3.8) is 0 Å². The Bertz CT molecular complexity index is 3280. The first-order valence-electron chi connectivity index (χ1n) is 24.8. The highest BCUT2D eigenvalue weighted by Gasteiger charge is 2.33. The van der Waals surface area contributed by atoms with Crippen molar-refractivity contribution in [1.29, 1.82) is 0 Å². The molecule has 404 valence electrons. The van der Waals surface area contributed by atoms with E-state index in [1.807, 2.05) is 16.7 Å². The highest BCUT2D eigenvalue weighted by molar-refractivity contribution is 6.35. The summed E-state index contributed by atoms with van der Waals surface area (Å²) in [5.41, 5.74) is -1.53. The summed E-state index contributed by atoms with van der Waals surface area (Å²) < 4.78 is 78.1. The lowest BCUT2D eigenvalue weighted by Crippen LogP contribution is -2.49. The second-order valence-electron chi connectivity index (χ2n) is 18.1. The lowest BCUT2D eigenvalue weighted by Gasteiger charge is -2.36. The molecule has 0 unspecified atom stereocenters. The van der Waals surface area contributed by atoms with E-state index < -0.39 is 46.4 Å². The number of fused-ring (bicyclic) bond motifs is 2. The summed E-state index contributed by atoms with van der Waals surface area (Å²) in [4.78, 5) is 78.8. The van der Waals surface area contributed by atoms with Crippen molar-refractivity contribution in [3.05, 3.63) is 106 Å². The van der Waals surface area contributed by atoms with Crippen LogP contribution in [-0.4, -0.2) is 180 Å². The normalized spacial score (nSPS) is 16.1. The number of rotatable bonds is 9. The molecule has 4 aromatic carbocycles. The molecule has 4 saturated heterocycles. The molecule has 10 rings (SSSR count). The first-order valence-corrected chi connectivity index (χ1v) is 25.5. The second kappa shape index (κ2) is 23.5. The molecule has 77 heavy (non-hydrogen) atoms. The van der Waals surface area contributed by atoms with Gasteiger partial charge in [0.2, 0.25) is 23.5 Å². The maximum absolute atomic E-state index is 16.3. The number of ether oxygens (including phenoxy) is 3. The molecule has 24 heteroatoms. The Morgan fingerprint density at radius 1 is 0.623 bits per heavy atom. The van der Waals surface area contributed by atoms with E-state index in [1.165, 1.54) is 60.6 Å². The number of aromatic nitrogens is 4. The number of piperazine rings is 2. The molecule has 4 fully saturated rings. The van der Waals surface area contributed by atoms with Crippen LogP contribution in [0.15, 0.2) is 61.2 Å². The fraction of sp³-hybridized carbons (Fsp3) is 0.358. The van der Waals surface area contributed by atoms with Crippen LogP contribution in [0.5, 0.6) is 11.5 Å². The van der Waals surface area contributed by atoms with Gasteiger partial charge in [0.15, 0.2) is 11.6 Å². The van der Waals surface area contributed by atoms with Gasteiger partial charge in [-0.25, -0.2) is 37.5 Å². The van der Waals surface area contributed by atoms with E-state index in [4.69, 9.17) is 37.4 Å². The molecule has 6 aromatic rings. The topological polar surface area (TPSA) is 187 Å². The van der Waals surface area contributed by atoms with E-state index in [9.17, 15) is 33.1 Å². The molecular weight excluding hydrogens is 1050 g/mol. The number of carbonyl (C=O) groups excluding carboxylic acids is 4. The van der Waals surface area contributed by atoms with E-state index in [0.29, 0.717) is 117 Å². The zero-order chi connectivity index (χ0) is 54.7. The van der Waals surface area contributed by atoms with Gasteiger partial charge in [0.1, 0.15) is 45.8 Å². The zero-order valence-corrected chi connectivity index (χ0v) is 43.5. The van der Waals surface area contributed by atoms with Gasteiger partial charge in [-0.15, -0.1) is 0 Å². The molecule has 0 atom stereocenters. The maximum atomic E-state index is 16.3. The molecule has 4 aliphatic rings. The molecule has 4 aliphatic heterocycles. The van der Waals surface area contributed by atoms with Gasteiger partial charge < -0.3 is 48.7 Å². The fourth-order valence-corrected chi connectivity index (χ4v) is 10.2. The second-order valence-corrected chi connectivity index (χ2v) is 18.9. The van der Waals surface area contributed by atoms with E-state index in [0.717, 1.165) is 6.07 Å². The Labute approximate surface area is 449 Å². The maximum Gasteiger partial charge on any atom is 0.291 e. The third-order valence-corrected chi connectivity index (χ3v) is 14.3. The minimum atomic E-state index is -0.993. The summed E-state index contributed by atoms with van der Waals surface area (Å²) >= 11 is 13.0. The summed E-state index contributed by atoms with van der Waals surface area (Å²) in [5, 5.41) is 10.6. The molecule has 1 N–H and O–H groups in total. The lowest BCUT2D eigenvalue weighted by molar-refractivity contribution is -0.131. The predicted molar refractivity (Wildman–Crippen MR) is 280 cm³/mol. The van der Waals surface area contributed by atoms with E-state index >= 15 is 8.78 Å². The van der Waals surface area contributed by atoms with Crippen LogP contribution >= 0.6 is 23.2 Å². The third-order valence-electron chi connectivity index (χ3n) is 13.7. The monoisotopic (exact) mass is 1100 g/mol. The molecule has 2 aromatic heterocycles. The highest BCUT2D eigenvalue weighted by atomic mass is 35.5. The van der Waals surface area contributed by atoms with Gasteiger partial charge in [-0.1, -0.05) is 48.8 Å². The standard InChI is InChI=1S/C27H28ClF2N5O4.C26H24ClF2N5O4/c1-3-20(36)33-7-9-34(10-8-33)26-16-15-17(28)21(22-18(29)5-4-6-19(22)38-2)23(30)24(16)31-25(32-26)27(37)35-11-13-39-14-12-35;1-2-19(36)32-6-8-33(9-7-32)25-15-14-16(27)20(21-17(28)4-3-5-18(21)35)22(29)23(15)30-24(31-25)26(37)34-10-12-38-13-11-34/h4-6,15H,3,7-14H2,1-2H3;2-5,14,35H,1,6-13H2. The Morgan fingerprint density at radius 3 is 1.51 bits per heavy atom. The van der Waals surface area contributed by atoms with Crippen molar-refractivity contribution in [1.82, 2.24) is 39.5 Å². The number of aromatic hydroxyl groups is 1. The highest BCUT2D eigenvalue weighted by Crippen LogP contribution is 2.44. The van der Waals surface area contributed by atoms with Gasteiger partial charge in [0.25, 0.3) is 11.8 Å². The number of methoxy groups -OCH3 is 1. The van der Waals surface area contributed by atoms with Gasteiger partial charge in [0.05, 0.1) is 54.7 Å². The average Bonchev–Trinajstić information content (AvgIpc) is 3.53. The Hall–Kier alpha value is -7.40. The number of halogens is 6. The van der Waals surface area contributed by atoms with Crippen molar-refractivity contribution >= 4 is 80.3 Å². The zero-order valence-electron chi connectivity index (χ0n) is 42.0. The van der Waals surface area contributed by atoms with E-state index in [1.54, 1.807) is 14.7 Å². The van der Waals surface area contributed by atoms with E-state index in [2.05, 4.69) is 26.5 Å². The van der Waals surface area contributed by atoms with Gasteiger partial charge >= 0.3 is 0 Å². The number of hydrogen-bond donors (Lipinski definition) is 1. The molecule has 0 bridgehead atoms. The number of phenolic OH excluding ortho intramolecular Hbond substituents is 1. The summed E-state index contributed by atoms with van der Waals surface area (Å²) in [6.45, 7) is 11.3. The van der Waals surface area contributed by atoms with Crippen LogP contribution in [0, 0.1) is 23.3 Å². The smallest absolute Gasteiger partial charge is 0.291 e. The van der Waals surface area contributed by atoms with Gasteiger partial charge in [-0.2, -0.15) is 0 Å². The van der Waals surface area contributed by atoms with Crippen LogP contribution in [0.1, 0.15) is 34.6 Å². The van der Waals surface area contributed by atoms with Crippen LogP contribution in [0.2, 0.25) is 10.0 Å². The van der Waals surface area contributed by atoms with Crippen molar-refractivity contribution in [3.8, 4) is 33.8 Å². The third kappa shape index (κ3) is 11.0. The summed E-state index contributed by atoms with van der Waals surface area (Å²) in [6, 6.07) is 10.6. The first kappa shape index (κ1) is 54.4. The molecule has 6 heterocycles. The fourth-order valence-electron chi connectivity index (χ4n) is 9.64.